The minimum Gasteiger partial charge on any atom is -0.454 e. The van der Waals surface area contributed by atoms with Crippen molar-refractivity contribution in [1.82, 2.24) is 4.90 Å². The number of aliphatic hydroxyl groups is 1. The topological polar surface area (TPSA) is 59.0 Å². The second-order valence-electron chi connectivity index (χ2n) is 5.71. The minimum atomic E-state index is -0.766. The number of hydrogen-bond donors (Lipinski definition) is 1. The Morgan fingerprint density at radius 3 is 2.86 bits per heavy atom. The number of nitrogens with zero attached hydrogens (tertiary/aromatic N) is 1. The molecule has 0 fully saturated rings. The van der Waals surface area contributed by atoms with E-state index in [1.54, 1.807) is 4.90 Å². The zero-order valence-electron chi connectivity index (χ0n) is 11.7. The van der Waals surface area contributed by atoms with Gasteiger partial charge >= 0.3 is 0 Å². The summed E-state index contributed by atoms with van der Waals surface area (Å²) in [5.74, 6) is 1.41. The molecule has 0 bridgehead atoms. The van der Waals surface area contributed by atoms with E-state index in [9.17, 15) is 9.90 Å². The van der Waals surface area contributed by atoms with Crippen LogP contribution >= 0.6 is 0 Å². The SMILES string of the molecule is O=C1C2=C(CCCC2)C(O)N1Cc1ccc2c(c1)OCO2. The molecule has 0 aromatic heterocycles. The third-order valence-corrected chi connectivity index (χ3v) is 4.43. The highest BCUT2D eigenvalue weighted by Gasteiger charge is 2.38. The van der Waals surface area contributed by atoms with Crippen molar-refractivity contribution < 1.29 is 19.4 Å². The molecule has 1 aromatic carbocycles. The Labute approximate surface area is 122 Å². The fraction of sp³-hybridized carbons (Fsp3) is 0.438. The number of aliphatic hydroxyl groups excluding tert-OH is 1. The zero-order chi connectivity index (χ0) is 14.4. The van der Waals surface area contributed by atoms with E-state index < -0.39 is 6.23 Å². The molecule has 1 unspecified atom stereocenters. The Balaban J connectivity index is 1.57. The van der Waals surface area contributed by atoms with Crippen LogP contribution in [0.4, 0.5) is 0 Å². The quantitative estimate of drug-likeness (QED) is 0.903. The number of amides is 1. The summed E-state index contributed by atoms with van der Waals surface area (Å²) >= 11 is 0. The molecule has 5 heteroatoms. The van der Waals surface area contributed by atoms with Crippen molar-refractivity contribution in [3.05, 3.63) is 34.9 Å². The number of hydrogen-bond acceptors (Lipinski definition) is 4. The molecule has 3 aliphatic rings. The van der Waals surface area contributed by atoms with E-state index in [4.69, 9.17) is 9.47 Å². The van der Waals surface area contributed by atoms with Crippen LogP contribution in [0.15, 0.2) is 29.3 Å². The van der Waals surface area contributed by atoms with Crippen LogP contribution in [0.1, 0.15) is 31.2 Å². The van der Waals surface area contributed by atoms with Gasteiger partial charge in [-0.15, -0.1) is 0 Å². The molecule has 1 aromatic rings. The summed E-state index contributed by atoms with van der Waals surface area (Å²) in [5.41, 5.74) is 2.69. The second-order valence-corrected chi connectivity index (χ2v) is 5.71. The van der Waals surface area contributed by atoms with Crippen molar-refractivity contribution in [3.63, 3.8) is 0 Å². The number of benzene rings is 1. The molecular formula is C16H17NO4. The number of fused-ring (bicyclic) bond motifs is 1. The van der Waals surface area contributed by atoms with Crippen LogP contribution in [-0.4, -0.2) is 28.9 Å². The lowest BCUT2D eigenvalue weighted by molar-refractivity contribution is -0.132. The standard InChI is InChI=1S/C16H17NO4/c18-15-11-3-1-2-4-12(11)16(19)17(15)8-10-5-6-13-14(7-10)21-9-20-13/h5-7,15,18H,1-4,8-9H2. The fourth-order valence-corrected chi connectivity index (χ4v) is 3.32. The van der Waals surface area contributed by atoms with Gasteiger partial charge in [-0.05, 0) is 49.0 Å². The van der Waals surface area contributed by atoms with Crippen LogP contribution in [0.2, 0.25) is 0 Å². The average molecular weight is 287 g/mol. The summed E-state index contributed by atoms with van der Waals surface area (Å²) in [7, 11) is 0. The minimum absolute atomic E-state index is 0.0186. The van der Waals surface area contributed by atoms with E-state index >= 15 is 0 Å². The molecule has 2 aliphatic heterocycles. The lowest BCUT2D eigenvalue weighted by Gasteiger charge is -2.22. The molecule has 0 spiro atoms. The first-order valence-corrected chi connectivity index (χ1v) is 7.33. The van der Waals surface area contributed by atoms with E-state index in [0.717, 1.165) is 48.1 Å². The van der Waals surface area contributed by atoms with Gasteiger partial charge in [0.05, 0.1) is 0 Å². The molecule has 1 aliphatic carbocycles. The number of ether oxygens (including phenoxy) is 2. The van der Waals surface area contributed by atoms with Gasteiger partial charge < -0.3 is 19.5 Å². The van der Waals surface area contributed by atoms with Crippen LogP contribution < -0.4 is 9.47 Å². The normalized spacial score (nSPS) is 23.8. The van der Waals surface area contributed by atoms with Crippen LogP contribution in [-0.2, 0) is 11.3 Å². The number of rotatable bonds is 2. The predicted molar refractivity (Wildman–Crippen MR) is 74.6 cm³/mol. The molecule has 2 heterocycles. The smallest absolute Gasteiger partial charge is 0.252 e. The van der Waals surface area contributed by atoms with Gasteiger partial charge in [0.1, 0.15) is 0 Å². The molecule has 1 N–H and O–H groups in total. The first-order valence-electron chi connectivity index (χ1n) is 7.33. The summed E-state index contributed by atoms with van der Waals surface area (Å²) in [4.78, 5) is 14.0. The maximum atomic E-state index is 12.4. The first-order chi connectivity index (χ1) is 10.2. The highest BCUT2D eigenvalue weighted by atomic mass is 16.7. The van der Waals surface area contributed by atoms with Crippen LogP contribution in [0, 0.1) is 0 Å². The summed E-state index contributed by atoms with van der Waals surface area (Å²) in [6.45, 7) is 0.629. The Hall–Kier alpha value is -2.01. The highest BCUT2D eigenvalue weighted by Crippen LogP contribution is 2.37. The lowest BCUT2D eigenvalue weighted by atomic mass is 9.93. The molecule has 0 saturated heterocycles. The first kappa shape index (κ1) is 12.7. The molecule has 1 amide bonds. The van der Waals surface area contributed by atoms with Crippen molar-refractivity contribution in [3.8, 4) is 11.5 Å². The predicted octanol–water partition coefficient (Wildman–Crippen LogP) is 1.95. The van der Waals surface area contributed by atoms with Gasteiger partial charge in [0, 0.05) is 12.1 Å². The Bertz CT molecular complexity index is 637. The summed E-state index contributed by atoms with van der Waals surface area (Å²) in [6.07, 6.45) is 2.96. The van der Waals surface area contributed by atoms with Crippen molar-refractivity contribution in [1.29, 1.82) is 0 Å². The summed E-state index contributed by atoms with van der Waals surface area (Å²) < 4.78 is 10.6. The van der Waals surface area contributed by atoms with Crippen LogP contribution in [0.25, 0.3) is 0 Å². The van der Waals surface area contributed by atoms with Gasteiger partial charge in [0.15, 0.2) is 17.7 Å². The fourth-order valence-electron chi connectivity index (χ4n) is 3.32. The maximum Gasteiger partial charge on any atom is 0.252 e. The third kappa shape index (κ3) is 2.00. The van der Waals surface area contributed by atoms with E-state index in [-0.39, 0.29) is 12.7 Å². The van der Waals surface area contributed by atoms with Gasteiger partial charge in [-0.2, -0.15) is 0 Å². The van der Waals surface area contributed by atoms with Crippen LogP contribution in [0.3, 0.4) is 0 Å². The third-order valence-electron chi connectivity index (χ3n) is 4.43. The monoisotopic (exact) mass is 287 g/mol. The molecule has 1 atom stereocenters. The average Bonchev–Trinajstić information content (AvgIpc) is 3.06. The van der Waals surface area contributed by atoms with Gasteiger partial charge in [0.25, 0.3) is 5.91 Å². The van der Waals surface area contributed by atoms with E-state index in [1.165, 1.54) is 0 Å². The molecular weight excluding hydrogens is 270 g/mol. The summed E-state index contributed by atoms with van der Waals surface area (Å²) in [6, 6.07) is 5.63. The largest absolute Gasteiger partial charge is 0.454 e. The van der Waals surface area contributed by atoms with Crippen molar-refractivity contribution in [2.24, 2.45) is 0 Å². The number of carbonyl (C=O) groups is 1. The zero-order valence-corrected chi connectivity index (χ0v) is 11.7. The molecule has 0 radical (unpaired) electrons. The molecule has 110 valence electrons. The molecule has 5 nitrogen and oxygen atoms in total. The molecule has 0 saturated carbocycles. The van der Waals surface area contributed by atoms with Gasteiger partial charge in [-0.25, -0.2) is 0 Å². The van der Waals surface area contributed by atoms with Crippen molar-refractivity contribution in [2.45, 2.75) is 38.5 Å². The lowest BCUT2D eigenvalue weighted by Crippen LogP contribution is -2.34. The van der Waals surface area contributed by atoms with Crippen molar-refractivity contribution in [2.75, 3.05) is 6.79 Å². The van der Waals surface area contributed by atoms with Crippen molar-refractivity contribution >= 4 is 5.91 Å². The molecule has 4 rings (SSSR count). The van der Waals surface area contributed by atoms with Gasteiger partial charge in [0.2, 0.25) is 6.79 Å². The van der Waals surface area contributed by atoms with E-state index in [2.05, 4.69) is 0 Å². The van der Waals surface area contributed by atoms with E-state index in [1.807, 2.05) is 18.2 Å². The number of carbonyl (C=O) groups excluding carboxylic acids is 1. The Kier molecular flexibility index (Phi) is 2.89. The maximum absolute atomic E-state index is 12.4. The van der Waals surface area contributed by atoms with Crippen LogP contribution in [0.5, 0.6) is 11.5 Å². The summed E-state index contributed by atoms with van der Waals surface area (Å²) in [5, 5.41) is 10.4. The second kappa shape index (κ2) is 4.77. The van der Waals surface area contributed by atoms with Gasteiger partial charge in [-0.3, -0.25) is 4.79 Å². The van der Waals surface area contributed by atoms with Gasteiger partial charge in [-0.1, -0.05) is 6.07 Å². The highest BCUT2D eigenvalue weighted by molar-refractivity contribution is 5.97. The Morgan fingerprint density at radius 2 is 2.00 bits per heavy atom. The Morgan fingerprint density at radius 1 is 1.19 bits per heavy atom. The molecule has 21 heavy (non-hydrogen) atoms. The van der Waals surface area contributed by atoms with E-state index in [0.29, 0.717) is 12.3 Å².